The number of carbonyl (C=O) groups excluding carboxylic acids is 2. The molecular weight excluding hydrogens is 244 g/mol. The van der Waals surface area contributed by atoms with Gasteiger partial charge in [0.1, 0.15) is 6.04 Å². The first-order valence-electron chi connectivity index (χ1n) is 6.30. The Kier molecular flexibility index (Phi) is 6.02. The Morgan fingerprint density at radius 1 is 1.32 bits per heavy atom. The summed E-state index contributed by atoms with van der Waals surface area (Å²) in [4.78, 5) is 22.9. The van der Waals surface area contributed by atoms with Crippen LogP contribution in [0.4, 0.5) is 0 Å². The van der Waals surface area contributed by atoms with Gasteiger partial charge in [-0.05, 0) is 19.4 Å². The van der Waals surface area contributed by atoms with E-state index >= 15 is 0 Å². The lowest BCUT2D eigenvalue weighted by atomic mass is 10.1. The summed E-state index contributed by atoms with van der Waals surface area (Å²) in [6, 6.07) is 8.46. The number of benzene rings is 1. The quantitative estimate of drug-likeness (QED) is 0.724. The molecule has 1 aromatic carbocycles. The molecule has 0 saturated heterocycles. The molecule has 0 bridgehead atoms. The van der Waals surface area contributed by atoms with Gasteiger partial charge in [-0.1, -0.05) is 30.3 Å². The summed E-state index contributed by atoms with van der Waals surface area (Å²) >= 11 is 0. The van der Waals surface area contributed by atoms with Crippen LogP contribution in [0.5, 0.6) is 0 Å². The number of hydrogen-bond donors (Lipinski definition) is 2. The van der Waals surface area contributed by atoms with E-state index in [0.29, 0.717) is 6.61 Å². The van der Waals surface area contributed by atoms with Crippen LogP contribution < -0.4 is 11.1 Å². The van der Waals surface area contributed by atoms with Crippen molar-refractivity contribution in [2.45, 2.75) is 32.4 Å². The third-order valence-electron chi connectivity index (χ3n) is 2.61. The minimum atomic E-state index is -0.588. The Hall–Kier alpha value is -1.88. The molecule has 0 radical (unpaired) electrons. The summed E-state index contributed by atoms with van der Waals surface area (Å²) in [5.74, 6) is -0.763. The monoisotopic (exact) mass is 264 g/mol. The highest BCUT2D eigenvalue weighted by Crippen LogP contribution is 2.15. The molecule has 0 aliphatic carbocycles. The third kappa shape index (κ3) is 5.09. The SMILES string of the molecule is CCOC(=O)C(NC(C)CC(N)=O)c1ccccc1. The van der Waals surface area contributed by atoms with Gasteiger partial charge in [0.15, 0.2) is 0 Å². The van der Waals surface area contributed by atoms with Crippen molar-refractivity contribution in [1.29, 1.82) is 0 Å². The Bertz CT molecular complexity index is 420. The van der Waals surface area contributed by atoms with E-state index in [4.69, 9.17) is 10.5 Å². The molecule has 0 aromatic heterocycles. The van der Waals surface area contributed by atoms with Gasteiger partial charge in [0, 0.05) is 12.5 Å². The van der Waals surface area contributed by atoms with Gasteiger partial charge in [0.2, 0.25) is 5.91 Å². The number of amides is 1. The fourth-order valence-corrected chi connectivity index (χ4v) is 1.82. The van der Waals surface area contributed by atoms with Crippen molar-refractivity contribution < 1.29 is 14.3 Å². The first-order chi connectivity index (χ1) is 9.04. The van der Waals surface area contributed by atoms with Crippen molar-refractivity contribution in [3.8, 4) is 0 Å². The Morgan fingerprint density at radius 2 is 1.95 bits per heavy atom. The van der Waals surface area contributed by atoms with Gasteiger partial charge in [-0.25, -0.2) is 4.79 Å². The molecule has 0 aliphatic heterocycles. The summed E-state index contributed by atoms with van der Waals surface area (Å²) in [7, 11) is 0. The van der Waals surface area contributed by atoms with E-state index < -0.39 is 11.9 Å². The molecule has 1 aromatic rings. The van der Waals surface area contributed by atoms with Crippen LogP contribution >= 0.6 is 0 Å². The first-order valence-corrected chi connectivity index (χ1v) is 6.30. The van der Waals surface area contributed by atoms with Gasteiger partial charge in [-0.15, -0.1) is 0 Å². The maximum atomic E-state index is 12.0. The number of esters is 1. The van der Waals surface area contributed by atoms with Crippen LogP contribution in [0.15, 0.2) is 30.3 Å². The first kappa shape index (κ1) is 15.2. The number of rotatable bonds is 7. The van der Waals surface area contributed by atoms with Gasteiger partial charge in [0.05, 0.1) is 6.61 Å². The average molecular weight is 264 g/mol. The molecule has 0 heterocycles. The topological polar surface area (TPSA) is 81.4 Å². The molecule has 2 atom stereocenters. The molecule has 5 heteroatoms. The van der Waals surface area contributed by atoms with Gasteiger partial charge >= 0.3 is 5.97 Å². The molecule has 1 amide bonds. The Labute approximate surface area is 113 Å². The molecule has 104 valence electrons. The standard InChI is InChI=1S/C14H20N2O3/c1-3-19-14(18)13(11-7-5-4-6-8-11)16-10(2)9-12(15)17/h4-8,10,13,16H,3,9H2,1-2H3,(H2,15,17). The second-order valence-electron chi connectivity index (χ2n) is 4.33. The number of primary amides is 1. The second-order valence-corrected chi connectivity index (χ2v) is 4.33. The molecular formula is C14H20N2O3. The molecule has 19 heavy (non-hydrogen) atoms. The maximum Gasteiger partial charge on any atom is 0.327 e. The van der Waals surface area contributed by atoms with Crippen LogP contribution in [-0.4, -0.2) is 24.5 Å². The summed E-state index contributed by atoms with van der Waals surface area (Å²) in [5.41, 5.74) is 5.95. The fourth-order valence-electron chi connectivity index (χ4n) is 1.82. The number of carbonyl (C=O) groups is 2. The van der Waals surface area contributed by atoms with E-state index in [1.165, 1.54) is 0 Å². The fraction of sp³-hybridized carbons (Fsp3) is 0.429. The molecule has 0 spiro atoms. The Morgan fingerprint density at radius 3 is 2.47 bits per heavy atom. The molecule has 2 unspecified atom stereocenters. The molecule has 0 aliphatic rings. The van der Waals surface area contributed by atoms with Gasteiger partial charge in [0.25, 0.3) is 0 Å². The third-order valence-corrected chi connectivity index (χ3v) is 2.61. The Balaban J connectivity index is 2.81. The number of hydrogen-bond acceptors (Lipinski definition) is 4. The zero-order valence-corrected chi connectivity index (χ0v) is 11.3. The minimum absolute atomic E-state index is 0.169. The van der Waals surface area contributed by atoms with Crippen LogP contribution in [0, 0.1) is 0 Å². The van der Waals surface area contributed by atoms with Crippen LogP contribution in [0.1, 0.15) is 31.9 Å². The number of ether oxygens (including phenoxy) is 1. The van der Waals surface area contributed by atoms with E-state index in [1.54, 1.807) is 13.8 Å². The molecule has 1 rings (SSSR count). The van der Waals surface area contributed by atoms with Crippen molar-refractivity contribution in [2.24, 2.45) is 5.73 Å². The van der Waals surface area contributed by atoms with Gasteiger partial charge in [-0.3, -0.25) is 10.1 Å². The lowest BCUT2D eigenvalue weighted by Gasteiger charge is -2.21. The van der Waals surface area contributed by atoms with Crippen molar-refractivity contribution in [3.63, 3.8) is 0 Å². The molecule has 0 saturated carbocycles. The summed E-state index contributed by atoms with van der Waals surface area (Å²) < 4.78 is 5.05. The van der Waals surface area contributed by atoms with Crippen molar-refractivity contribution >= 4 is 11.9 Å². The zero-order valence-electron chi connectivity index (χ0n) is 11.3. The predicted molar refractivity (Wildman–Crippen MR) is 72.2 cm³/mol. The molecule has 3 N–H and O–H groups in total. The normalized spacial score (nSPS) is 13.6. The van der Waals surface area contributed by atoms with E-state index in [-0.39, 0.29) is 18.4 Å². The lowest BCUT2D eigenvalue weighted by molar-refractivity contribution is -0.146. The lowest BCUT2D eigenvalue weighted by Crippen LogP contribution is -2.38. The largest absolute Gasteiger partial charge is 0.465 e. The summed E-state index contributed by atoms with van der Waals surface area (Å²) in [6.45, 7) is 3.88. The molecule has 5 nitrogen and oxygen atoms in total. The second kappa shape index (κ2) is 7.53. The van der Waals surface area contributed by atoms with E-state index in [0.717, 1.165) is 5.56 Å². The highest BCUT2D eigenvalue weighted by Gasteiger charge is 2.23. The van der Waals surface area contributed by atoms with Crippen LogP contribution in [-0.2, 0) is 14.3 Å². The van der Waals surface area contributed by atoms with Crippen LogP contribution in [0.2, 0.25) is 0 Å². The zero-order chi connectivity index (χ0) is 14.3. The van der Waals surface area contributed by atoms with E-state index in [2.05, 4.69) is 5.32 Å². The molecule has 0 fully saturated rings. The van der Waals surface area contributed by atoms with Gasteiger partial charge in [-0.2, -0.15) is 0 Å². The smallest absolute Gasteiger partial charge is 0.327 e. The van der Waals surface area contributed by atoms with Crippen LogP contribution in [0.25, 0.3) is 0 Å². The van der Waals surface area contributed by atoms with Crippen LogP contribution in [0.3, 0.4) is 0 Å². The van der Waals surface area contributed by atoms with Crippen molar-refractivity contribution in [3.05, 3.63) is 35.9 Å². The van der Waals surface area contributed by atoms with E-state index in [1.807, 2.05) is 30.3 Å². The van der Waals surface area contributed by atoms with E-state index in [9.17, 15) is 9.59 Å². The maximum absolute atomic E-state index is 12.0. The highest BCUT2D eigenvalue weighted by atomic mass is 16.5. The minimum Gasteiger partial charge on any atom is -0.465 e. The summed E-state index contributed by atoms with van der Waals surface area (Å²) in [6.07, 6.45) is 0.169. The number of nitrogens with two attached hydrogens (primary N) is 1. The predicted octanol–water partition coefficient (Wildman–Crippen LogP) is 1.14. The van der Waals surface area contributed by atoms with Crippen molar-refractivity contribution in [1.82, 2.24) is 5.32 Å². The summed E-state index contributed by atoms with van der Waals surface area (Å²) in [5, 5.41) is 3.07. The van der Waals surface area contributed by atoms with Gasteiger partial charge < -0.3 is 10.5 Å². The number of nitrogens with one attached hydrogen (secondary N) is 1. The average Bonchev–Trinajstić information content (AvgIpc) is 2.36. The highest BCUT2D eigenvalue weighted by molar-refractivity contribution is 5.78. The van der Waals surface area contributed by atoms with Crippen molar-refractivity contribution in [2.75, 3.05) is 6.61 Å².